The van der Waals surface area contributed by atoms with Gasteiger partial charge in [-0.2, -0.15) is 4.98 Å². The van der Waals surface area contributed by atoms with Gasteiger partial charge in [-0.05, 0) is 49.8 Å². The van der Waals surface area contributed by atoms with E-state index in [1.165, 1.54) is 0 Å². The normalized spacial score (nSPS) is 16.2. The lowest BCUT2D eigenvalue weighted by atomic mass is 9.97. The van der Waals surface area contributed by atoms with E-state index in [4.69, 9.17) is 20.4 Å². The third-order valence-corrected chi connectivity index (χ3v) is 4.87. The van der Waals surface area contributed by atoms with Crippen molar-refractivity contribution in [2.24, 2.45) is 11.7 Å². The SMILES string of the molecule is C=C(C)C(C)CC(CN)Oc1nc(C2=CC=CCC2)nc2ccccc12. The number of ether oxygens (including phenoxy) is 1. The van der Waals surface area contributed by atoms with Crippen LogP contribution in [0.4, 0.5) is 0 Å². The largest absolute Gasteiger partial charge is 0.472 e. The molecule has 4 nitrogen and oxygen atoms in total. The molecule has 136 valence electrons. The average molecular weight is 349 g/mol. The van der Waals surface area contributed by atoms with E-state index < -0.39 is 0 Å². The third kappa shape index (κ3) is 4.20. The third-order valence-electron chi connectivity index (χ3n) is 4.87. The van der Waals surface area contributed by atoms with Crippen LogP contribution in [0.5, 0.6) is 5.88 Å². The Morgan fingerprint density at radius 3 is 2.81 bits per heavy atom. The molecule has 0 amide bonds. The summed E-state index contributed by atoms with van der Waals surface area (Å²) in [5.41, 5.74) is 9.15. The number of fused-ring (bicyclic) bond motifs is 1. The smallest absolute Gasteiger partial charge is 0.225 e. The molecule has 2 aromatic rings. The van der Waals surface area contributed by atoms with Crippen molar-refractivity contribution in [3.05, 3.63) is 60.5 Å². The van der Waals surface area contributed by atoms with Crippen molar-refractivity contribution in [2.45, 2.75) is 39.2 Å². The van der Waals surface area contributed by atoms with Crippen LogP contribution in [0.25, 0.3) is 16.5 Å². The fourth-order valence-electron chi connectivity index (χ4n) is 3.02. The minimum absolute atomic E-state index is 0.104. The predicted molar refractivity (Wildman–Crippen MR) is 108 cm³/mol. The maximum atomic E-state index is 6.27. The van der Waals surface area contributed by atoms with Crippen LogP contribution >= 0.6 is 0 Å². The van der Waals surface area contributed by atoms with Crippen LogP contribution in [0.2, 0.25) is 0 Å². The van der Waals surface area contributed by atoms with Gasteiger partial charge in [-0.25, -0.2) is 4.98 Å². The molecule has 2 atom stereocenters. The lowest BCUT2D eigenvalue weighted by Gasteiger charge is -2.22. The van der Waals surface area contributed by atoms with Crippen LogP contribution in [0.3, 0.4) is 0 Å². The van der Waals surface area contributed by atoms with Gasteiger partial charge in [0.1, 0.15) is 6.10 Å². The number of benzene rings is 1. The fraction of sp³-hybridized carbons (Fsp3) is 0.364. The Morgan fingerprint density at radius 1 is 1.31 bits per heavy atom. The fourth-order valence-corrected chi connectivity index (χ4v) is 3.02. The monoisotopic (exact) mass is 349 g/mol. The molecule has 3 rings (SSSR count). The molecule has 0 spiro atoms. The minimum atomic E-state index is -0.104. The van der Waals surface area contributed by atoms with Crippen molar-refractivity contribution in [3.63, 3.8) is 0 Å². The van der Waals surface area contributed by atoms with E-state index in [1.807, 2.05) is 31.2 Å². The van der Waals surface area contributed by atoms with E-state index in [0.717, 1.165) is 47.1 Å². The van der Waals surface area contributed by atoms with Gasteiger partial charge in [-0.1, -0.05) is 49.4 Å². The van der Waals surface area contributed by atoms with E-state index in [1.54, 1.807) is 0 Å². The minimum Gasteiger partial charge on any atom is -0.472 e. The van der Waals surface area contributed by atoms with E-state index in [0.29, 0.717) is 18.3 Å². The molecule has 1 aromatic carbocycles. The predicted octanol–water partition coefficient (Wildman–Crippen LogP) is 4.67. The van der Waals surface area contributed by atoms with Crippen LogP contribution < -0.4 is 10.5 Å². The Bertz CT molecular complexity index is 854. The summed E-state index contributed by atoms with van der Waals surface area (Å²) in [7, 11) is 0. The summed E-state index contributed by atoms with van der Waals surface area (Å²) in [5, 5.41) is 0.921. The van der Waals surface area contributed by atoms with Gasteiger partial charge in [0.15, 0.2) is 5.82 Å². The first-order valence-electron chi connectivity index (χ1n) is 9.23. The van der Waals surface area contributed by atoms with Crippen molar-refractivity contribution in [3.8, 4) is 5.88 Å². The number of allylic oxidation sites excluding steroid dienone is 5. The Morgan fingerprint density at radius 2 is 2.12 bits per heavy atom. The summed E-state index contributed by atoms with van der Waals surface area (Å²) >= 11 is 0. The Balaban J connectivity index is 1.96. The number of rotatable bonds is 7. The maximum Gasteiger partial charge on any atom is 0.225 e. The molecule has 0 fully saturated rings. The summed E-state index contributed by atoms with van der Waals surface area (Å²) < 4.78 is 6.27. The first kappa shape index (κ1) is 18.3. The molecular weight excluding hydrogens is 322 g/mol. The van der Waals surface area contributed by atoms with Crippen molar-refractivity contribution in [1.29, 1.82) is 0 Å². The second kappa shape index (κ2) is 8.28. The lowest BCUT2D eigenvalue weighted by Crippen LogP contribution is -2.29. The number of hydrogen-bond acceptors (Lipinski definition) is 4. The van der Waals surface area contributed by atoms with Crippen LogP contribution in [0.1, 0.15) is 38.9 Å². The zero-order chi connectivity index (χ0) is 18.5. The van der Waals surface area contributed by atoms with Gasteiger partial charge in [0, 0.05) is 6.54 Å². The molecule has 0 saturated heterocycles. The van der Waals surface area contributed by atoms with E-state index >= 15 is 0 Å². The maximum absolute atomic E-state index is 6.27. The number of para-hydroxylation sites is 1. The number of nitrogens with zero attached hydrogens (tertiary/aromatic N) is 2. The molecule has 1 aromatic heterocycles. The first-order chi connectivity index (χ1) is 12.6. The quantitative estimate of drug-likeness (QED) is 0.738. The Hall–Kier alpha value is -2.46. The molecule has 1 heterocycles. The topological polar surface area (TPSA) is 61.0 Å². The number of nitrogens with two attached hydrogens (primary N) is 1. The van der Waals surface area contributed by atoms with Crippen molar-refractivity contribution in [2.75, 3.05) is 6.54 Å². The second-order valence-corrected chi connectivity index (χ2v) is 6.99. The number of hydrogen-bond donors (Lipinski definition) is 1. The molecule has 2 unspecified atom stereocenters. The van der Waals surface area contributed by atoms with Crippen LogP contribution in [0.15, 0.2) is 54.6 Å². The molecule has 0 bridgehead atoms. The highest BCUT2D eigenvalue weighted by Crippen LogP contribution is 2.29. The summed E-state index contributed by atoms with van der Waals surface area (Å²) in [5.74, 6) is 1.71. The average Bonchev–Trinajstić information content (AvgIpc) is 2.67. The summed E-state index contributed by atoms with van der Waals surface area (Å²) in [6.45, 7) is 8.67. The van der Waals surface area contributed by atoms with E-state index in [2.05, 4.69) is 31.7 Å². The molecule has 0 radical (unpaired) electrons. The van der Waals surface area contributed by atoms with Gasteiger partial charge in [0.25, 0.3) is 0 Å². The van der Waals surface area contributed by atoms with E-state index in [9.17, 15) is 0 Å². The Labute approximate surface area is 155 Å². The molecule has 1 aliphatic rings. The van der Waals surface area contributed by atoms with Gasteiger partial charge in [0.2, 0.25) is 5.88 Å². The van der Waals surface area contributed by atoms with Crippen LogP contribution in [-0.4, -0.2) is 22.6 Å². The molecule has 26 heavy (non-hydrogen) atoms. The molecule has 0 aliphatic heterocycles. The molecule has 2 N–H and O–H groups in total. The van der Waals surface area contributed by atoms with E-state index in [-0.39, 0.29) is 6.10 Å². The van der Waals surface area contributed by atoms with Crippen molar-refractivity contribution >= 4 is 16.5 Å². The Kier molecular flexibility index (Phi) is 5.84. The highest BCUT2D eigenvalue weighted by molar-refractivity contribution is 5.85. The summed E-state index contributed by atoms with van der Waals surface area (Å²) in [6.07, 6.45) is 8.99. The summed E-state index contributed by atoms with van der Waals surface area (Å²) in [6, 6.07) is 7.97. The standard InChI is InChI=1S/C22H27N3O/c1-15(2)16(3)13-18(14-23)26-22-19-11-7-8-12-20(19)24-21(25-22)17-9-5-4-6-10-17/h4-5,7-9,11-12,16,18H,1,6,10,13-14,23H2,2-3H3. The van der Waals surface area contributed by atoms with Gasteiger partial charge in [-0.15, -0.1) is 0 Å². The van der Waals surface area contributed by atoms with Crippen LogP contribution in [0, 0.1) is 5.92 Å². The molecule has 0 saturated carbocycles. The highest BCUT2D eigenvalue weighted by Gasteiger charge is 2.18. The highest BCUT2D eigenvalue weighted by atomic mass is 16.5. The van der Waals surface area contributed by atoms with Crippen LogP contribution in [-0.2, 0) is 0 Å². The zero-order valence-corrected chi connectivity index (χ0v) is 15.6. The number of aromatic nitrogens is 2. The van der Waals surface area contributed by atoms with Crippen molar-refractivity contribution < 1.29 is 4.74 Å². The molecule has 1 aliphatic carbocycles. The first-order valence-corrected chi connectivity index (χ1v) is 9.23. The van der Waals surface area contributed by atoms with Gasteiger partial charge >= 0.3 is 0 Å². The van der Waals surface area contributed by atoms with Gasteiger partial charge < -0.3 is 10.5 Å². The summed E-state index contributed by atoms with van der Waals surface area (Å²) in [4.78, 5) is 9.49. The molecular formula is C22H27N3O. The lowest BCUT2D eigenvalue weighted by molar-refractivity contribution is 0.180. The molecule has 4 heteroatoms. The zero-order valence-electron chi connectivity index (χ0n) is 15.6. The second-order valence-electron chi connectivity index (χ2n) is 6.99. The van der Waals surface area contributed by atoms with Crippen molar-refractivity contribution in [1.82, 2.24) is 9.97 Å². The van der Waals surface area contributed by atoms with Gasteiger partial charge in [-0.3, -0.25) is 0 Å². The van der Waals surface area contributed by atoms with Gasteiger partial charge in [0.05, 0.1) is 10.9 Å².